The number of aryl methyl sites for hydroxylation is 1. The Kier molecular flexibility index (Phi) is 5.13. The van der Waals surface area contributed by atoms with Crippen molar-refractivity contribution in [3.63, 3.8) is 0 Å². The van der Waals surface area contributed by atoms with Crippen molar-refractivity contribution >= 4 is 0 Å². The molecule has 2 heteroatoms. The van der Waals surface area contributed by atoms with Crippen molar-refractivity contribution in [2.75, 3.05) is 13.1 Å². The largest absolute Gasteiger partial charge is 0.316 e. The van der Waals surface area contributed by atoms with Crippen LogP contribution in [0.25, 0.3) is 0 Å². The number of rotatable bonds is 6. The topological polar surface area (TPSA) is 12.0 Å². The third-order valence-electron chi connectivity index (χ3n) is 3.00. The summed E-state index contributed by atoms with van der Waals surface area (Å²) in [5.74, 6) is -0.145. The van der Waals surface area contributed by atoms with Gasteiger partial charge in [0.25, 0.3) is 0 Å². The molecule has 0 saturated heterocycles. The fraction of sp³-hybridized carbons (Fsp3) is 0.600. The molecule has 0 aliphatic rings. The molecule has 0 aromatic heterocycles. The zero-order valence-electron chi connectivity index (χ0n) is 11.4. The molecule has 0 unspecified atom stereocenters. The second-order valence-electron chi connectivity index (χ2n) is 5.59. The van der Waals surface area contributed by atoms with E-state index in [0.29, 0.717) is 0 Å². The molecule has 0 aliphatic heterocycles. The summed E-state index contributed by atoms with van der Waals surface area (Å²) in [6.45, 7) is 10.7. The van der Waals surface area contributed by atoms with E-state index in [-0.39, 0.29) is 11.2 Å². The monoisotopic (exact) mass is 237 g/mol. The molecule has 0 saturated carbocycles. The Morgan fingerprint density at radius 3 is 2.59 bits per heavy atom. The van der Waals surface area contributed by atoms with Crippen molar-refractivity contribution in [2.24, 2.45) is 5.41 Å². The van der Waals surface area contributed by atoms with Crippen molar-refractivity contribution in [3.8, 4) is 0 Å². The highest BCUT2D eigenvalue weighted by atomic mass is 19.1. The highest BCUT2D eigenvalue weighted by molar-refractivity contribution is 5.27. The second kappa shape index (κ2) is 6.15. The van der Waals surface area contributed by atoms with Crippen molar-refractivity contribution in [1.82, 2.24) is 5.32 Å². The van der Waals surface area contributed by atoms with Crippen LogP contribution in [-0.4, -0.2) is 13.1 Å². The fourth-order valence-corrected chi connectivity index (χ4v) is 2.04. The maximum atomic E-state index is 13.0. The van der Waals surface area contributed by atoms with E-state index in [9.17, 15) is 4.39 Å². The molecule has 0 heterocycles. The first kappa shape index (κ1) is 14.2. The van der Waals surface area contributed by atoms with E-state index in [1.165, 1.54) is 5.56 Å². The first-order valence-electron chi connectivity index (χ1n) is 6.40. The minimum absolute atomic E-state index is 0.145. The first-order valence-corrected chi connectivity index (χ1v) is 6.40. The van der Waals surface area contributed by atoms with E-state index in [1.807, 2.05) is 13.0 Å². The van der Waals surface area contributed by atoms with E-state index >= 15 is 0 Å². The molecular weight excluding hydrogens is 213 g/mol. The Bertz CT molecular complexity index is 358. The number of hydrogen-bond donors (Lipinski definition) is 1. The molecule has 0 radical (unpaired) electrons. The molecule has 0 spiro atoms. The number of nitrogens with one attached hydrogen (secondary N) is 1. The van der Waals surface area contributed by atoms with E-state index in [1.54, 1.807) is 12.1 Å². The van der Waals surface area contributed by atoms with Gasteiger partial charge in [-0.25, -0.2) is 4.39 Å². The lowest BCUT2D eigenvalue weighted by Crippen LogP contribution is -2.31. The minimum Gasteiger partial charge on any atom is -0.316 e. The third kappa shape index (κ3) is 4.86. The summed E-state index contributed by atoms with van der Waals surface area (Å²) in [4.78, 5) is 0. The molecule has 96 valence electrons. The van der Waals surface area contributed by atoms with Crippen LogP contribution in [0.2, 0.25) is 0 Å². The van der Waals surface area contributed by atoms with Gasteiger partial charge in [0.2, 0.25) is 0 Å². The lowest BCUT2D eigenvalue weighted by Gasteiger charge is -2.26. The zero-order valence-corrected chi connectivity index (χ0v) is 11.4. The standard InChI is InChI=1S/C15H24FN/c1-5-8-17-11-15(3,4)10-13-6-7-14(16)9-12(13)2/h6-7,9,17H,5,8,10-11H2,1-4H3. The number of halogens is 1. The molecule has 0 atom stereocenters. The maximum absolute atomic E-state index is 13.0. The minimum atomic E-state index is -0.145. The van der Waals surface area contributed by atoms with Crippen LogP contribution in [0.15, 0.2) is 18.2 Å². The summed E-state index contributed by atoms with van der Waals surface area (Å²) < 4.78 is 13.0. The predicted octanol–water partition coefficient (Wildman–Crippen LogP) is 3.70. The highest BCUT2D eigenvalue weighted by Crippen LogP contribution is 2.23. The van der Waals surface area contributed by atoms with Gasteiger partial charge < -0.3 is 5.32 Å². The predicted molar refractivity (Wildman–Crippen MR) is 71.8 cm³/mol. The number of benzene rings is 1. The van der Waals surface area contributed by atoms with E-state index in [0.717, 1.165) is 31.5 Å². The Morgan fingerprint density at radius 2 is 2.00 bits per heavy atom. The zero-order chi connectivity index (χ0) is 12.9. The summed E-state index contributed by atoms with van der Waals surface area (Å²) in [6.07, 6.45) is 2.14. The fourth-order valence-electron chi connectivity index (χ4n) is 2.04. The summed E-state index contributed by atoms with van der Waals surface area (Å²) >= 11 is 0. The van der Waals surface area contributed by atoms with E-state index in [2.05, 4.69) is 26.1 Å². The summed E-state index contributed by atoms with van der Waals surface area (Å²) in [5.41, 5.74) is 2.50. The quantitative estimate of drug-likeness (QED) is 0.744. The van der Waals surface area contributed by atoms with E-state index in [4.69, 9.17) is 0 Å². The van der Waals surface area contributed by atoms with Crippen LogP contribution in [0.3, 0.4) is 0 Å². The van der Waals surface area contributed by atoms with Crippen LogP contribution < -0.4 is 5.32 Å². The molecule has 0 fully saturated rings. The van der Waals surface area contributed by atoms with Crippen LogP contribution in [0.5, 0.6) is 0 Å². The molecule has 17 heavy (non-hydrogen) atoms. The Balaban J connectivity index is 2.62. The Morgan fingerprint density at radius 1 is 1.29 bits per heavy atom. The Hall–Kier alpha value is -0.890. The average molecular weight is 237 g/mol. The molecule has 1 nitrogen and oxygen atoms in total. The van der Waals surface area contributed by atoms with Crippen molar-refractivity contribution in [3.05, 3.63) is 35.1 Å². The molecule has 1 N–H and O–H groups in total. The normalized spacial score (nSPS) is 11.8. The van der Waals surface area contributed by atoms with Crippen molar-refractivity contribution in [2.45, 2.75) is 40.5 Å². The summed E-state index contributed by atoms with van der Waals surface area (Å²) in [7, 11) is 0. The molecule has 1 aromatic rings. The molecule has 1 aromatic carbocycles. The van der Waals surface area contributed by atoms with Crippen LogP contribution in [0.4, 0.5) is 4.39 Å². The van der Waals surface area contributed by atoms with Gasteiger partial charge in [0.1, 0.15) is 5.82 Å². The van der Waals surface area contributed by atoms with Gasteiger partial charge in [0.15, 0.2) is 0 Å². The SMILES string of the molecule is CCCNCC(C)(C)Cc1ccc(F)cc1C. The molecule has 0 aliphatic carbocycles. The van der Waals surface area contributed by atoms with Crippen LogP contribution >= 0.6 is 0 Å². The summed E-state index contributed by atoms with van der Waals surface area (Å²) in [6, 6.07) is 5.08. The molecule has 0 amide bonds. The molecular formula is C15H24FN. The van der Waals surface area contributed by atoms with Gasteiger partial charge >= 0.3 is 0 Å². The molecule has 1 rings (SSSR count). The lowest BCUT2D eigenvalue weighted by atomic mass is 9.84. The van der Waals surface area contributed by atoms with Gasteiger partial charge in [0.05, 0.1) is 0 Å². The van der Waals surface area contributed by atoms with Gasteiger partial charge in [-0.15, -0.1) is 0 Å². The van der Waals surface area contributed by atoms with Crippen molar-refractivity contribution < 1.29 is 4.39 Å². The van der Waals surface area contributed by atoms with Gasteiger partial charge in [-0.1, -0.05) is 26.8 Å². The van der Waals surface area contributed by atoms with Crippen LogP contribution in [0.1, 0.15) is 38.3 Å². The summed E-state index contributed by atoms with van der Waals surface area (Å²) in [5, 5.41) is 3.45. The lowest BCUT2D eigenvalue weighted by molar-refractivity contribution is 0.338. The van der Waals surface area contributed by atoms with Gasteiger partial charge in [-0.05, 0) is 55.0 Å². The third-order valence-corrected chi connectivity index (χ3v) is 3.00. The van der Waals surface area contributed by atoms with Crippen LogP contribution in [0, 0.1) is 18.2 Å². The average Bonchev–Trinajstić information content (AvgIpc) is 2.22. The Labute approximate surface area is 104 Å². The van der Waals surface area contributed by atoms with Gasteiger partial charge in [0, 0.05) is 6.54 Å². The smallest absolute Gasteiger partial charge is 0.123 e. The first-order chi connectivity index (χ1) is 7.94. The van der Waals surface area contributed by atoms with E-state index < -0.39 is 0 Å². The second-order valence-corrected chi connectivity index (χ2v) is 5.59. The maximum Gasteiger partial charge on any atom is 0.123 e. The van der Waals surface area contributed by atoms with Crippen molar-refractivity contribution in [1.29, 1.82) is 0 Å². The highest BCUT2D eigenvalue weighted by Gasteiger charge is 2.18. The molecule has 0 bridgehead atoms. The van der Waals surface area contributed by atoms with Gasteiger partial charge in [-0.2, -0.15) is 0 Å². The van der Waals surface area contributed by atoms with Crippen LogP contribution in [-0.2, 0) is 6.42 Å². The van der Waals surface area contributed by atoms with Gasteiger partial charge in [-0.3, -0.25) is 0 Å². The number of hydrogen-bond acceptors (Lipinski definition) is 1.